The van der Waals surface area contributed by atoms with Gasteiger partial charge in [0.25, 0.3) is 0 Å². The van der Waals surface area contributed by atoms with Gasteiger partial charge in [-0.25, -0.2) is 0 Å². The van der Waals surface area contributed by atoms with Crippen LogP contribution in [0.3, 0.4) is 0 Å². The number of aromatic nitrogens is 2. The Labute approximate surface area is 145 Å². The molecule has 0 atom stereocenters. The lowest BCUT2D eigenvalue weighted by Gasteiger charge is -2.06. The SMILES string of the molecule is O=C(CSc1nncc2ccccc12)NCCCc1ccccc1. The lowest BCUT2D eigenvalue weighted by molar-refractivity contribution is -0.118. The summed E-state index contributed by atoms with van der Waals surface area (Å²) in [4.78, 5) is 12.0. The van der Waals surface area contributed by atoms with Crippen molar-refractivity contribution in [1.29, 1.82) is 0 Å². The fourth-order valence-corrected chi connectivity index (χ4v) is 3.27. The number of nitrogens with zero attached hydrogens (tertiary/aromatic N) is 2. The third kappa shape index (κ3) is 4.55. The van der Waals surface area contributed by atoms with Crippen LogP contribution < -0.4 is 5.32 Å². The molecular weight excluding hydrogens is 318 g/mol. The van der Waals surface area contributed by atoms with Crippen molar-refractivity contribution < 1.29 is 4.79 Å². The van der Waals surface area contributed by atoms with Crippen LogP contribution in [-0.4, -0.2) is 28.4 Å². The van der Waals surface area contributed by atoms with Crippen molar-refractivity contribution in [1.82, 2.24) is 15.5 Å². The third-order valence-electron chi connectivity index (χ3n) is 3.68. The molecule has 0 aliphatic rings. The molecule has 1 aromatic heterocycles. The normalized spacial score (nSPS) is 10.7. The number of rotatable bonds is 7. The highest BCUT2D eigenvalue weighted by Crippen LogP contribution is 2.24. The van der Waals surface area contributed by atoms with Crippen molar-refractivity contribution in [2.24, 2.45) is 0 Å². The first-order valence-corrected chi connectivity index (χ1v) is 8.95. The van der Waals surface area contributed by atoms with E-state index in [9.17, 15) is 4.79 Å². The van der Waals surface area contributed by atoms with Crippen molar-refractivity contribution in [3.05, 3.63) is 66.4 Å². The number of benzene rings is 2. The van der Waals surface area contributed by atoms with Crippen LogP contribution in [0.4, 0.5) is 0 Å². The standard InChI is InChI=1S/C19H19N3OS/c23-18(20-12-6-9-15-7-2-1-3-8-15)14-24-19-17-11-5-4-10-16(17)13-21-22-19/h1-5,7-8,10-11,13H,6,9,12,14H2,(H,20,23). The molecule has 0 radical (unpaired) electrons. The topological polar surface area (TPSA) is 54.9 Å². The molecule has 0 aliphatic heterocycles. The Bertz CT molecular complexity index is 803. The van der Waals surface area contributed by atoms with Crippen molar-refractivity contribution in [2.75, 3.05) is 12.3 Å². The van der Waals surface area contributed by atoms with E-state index in [1.807, 2.05) is 42.5 Å². The molecule has 122 valence electrons. The summed E-state index contributed by atoms with van der Waals surface area (Å²) in [6.07, 6.45) is 3.65. The monoisotopic (exact) mass is 337 g/mol. The summed E-state index contributed by atoms with van der Waals surface area (Å²) in [5, 5.41) is 14.0. The average Bonchev–Trinajstić information content (AvgIpc) is 2.64. The highest BCUT2D eigenvalue weighted by molar-refractivity contribution is 8.00. The Morgan fingerprint density at radius 3 is 2.71 bits per heavy atom. The summed E-state index contributed by atoms with van der Waals surface area (Å²) in [5.74, 6) is 0.386. The first-order chi connectivity index (χ1) is 11.8. The van der Waals surface area contributed by atoms with Gasteiger partial charge in [0.1, 0.15) is 5.03 Å². The number of amides is 1. The Morgan fingerprint density at radius 2 is 1.83 bits per heavy atom. The minimum absolute atomic E-state index is 0.0304. The Balaban J connectivity index is 1.44. The lowest BCUT2D eigenvalue weighted by Crippen LogP contribution is -2.26. The van der Waals surface area contributed by atoms with Crippen molar-refractivity contribution in [3.63, 3.8) is 0 Å². The van der Waals surface area contributed by atoms with Gasteiger partial charge in [-0.3, -0.25) is 4.79 Å². The second kappa shape index (κ2) is 8.45. The zero-order valence-corrected chi connectivity index (χ0v) is 14.1. The van der Waals surface area contributed by atoms with Crippen LogP contribution in [0.25, 0.3) is 10.8 Å². The number of carbonyl (C=O) groups is 1. The van der Waals surface area contributed by atoms with E-state index in [4.69, 9.17) is 0 Å². The quantitative estimate of drug-likeness (QED) is 0.530. The van der Waals surface area contributed by atoms with Crippen molar-refractivity contribution in [3.8, 4) is 0 Å². The summed E-state index contributed by atoms with van der Waals surface area (Å²) < 4.78 is 0. The van der Waals surface area contributed by atoms with Crippen molar-refractivity contribution in [2.45, 2.75) is 17.9 Å². The van der Waals surface area contributed by atoms with Gasteiger partial charge in [-0.2, -0.15) is 5.10 Å². The van der Waals surface area contributed by atoms with Crippen LogP contribution >= 0.6 is 11.8 Å². The number of carbonyl (C=O) groups excluding carboxylic acids is 1. The third-order valence-corrected chi connectivity index (χ3v) is 4.67. The maximum atomic E-state index is 12.0. The molecular formula is C19H19N3OS. The molecule has 1 amide bonds. The van der Waals surface area contributed by atoms with Gasteiger partial charge in [0.05, 0.1) is 11.9 Å². The molecule has 4 nitrogen and oxygen atoms in total. The molecule has 0 spiro atoms. The summed E-state index contributed by atoms with van der Waals surface area (Å²) in [6, 6.07) is 18.2. The molecule has 0 saturated heterocycles. The molecule has 2 aromatic carbocycles. The number of aryl methyl sites for hydroxylation is 1. The largest absolute Gasteiger partial charge is 0.355 e. The zero-order valence-electron chi connectivity index (χ0n) is 13.3. The smallest absolute Gasteiger partial charge is 0.230 e. The number of hydrogen-bond donors (Lipinski definition) is 1. The molecule has 0 bridgehead atoms. The predicted octanol–water partition coefficient (Wildman–Crippen LogP) is 3.47. The minimum Gasteiger partial charge on any atom is -0.355 e. The van der Waals surface area contributed by atoms with E-state index in [0.717, 1.165) is 28.6 Å². The van der Waals surface area contributed by atoms with Gasteiger partial charge in [0, 0.05) is 17.3 Å². The molecule has 0 aliphatic carbocycles. The van der Waals surface area contributed by atoms with Gasteiger partial charge >= 0.3 is 0 Å². The molecule has 1 N–H and O–H groups in total. The molecule has 5 heteroatoms. The number of fused-ring (bicyclic) bond motifs is 1. The Hall–Kier alpha value is -2.40. The highest BCUT2D eigenvalue weighted by atomic mass is 32.2. The first-order valence-electron chi connectivity index (χ1n) is 7.97. The van der Waals surface area contributed by atoms with E-state index < -0.39 is 0 Å². The molecule has 0 saturated carbocycles. The molecule has 1 heterocycles. The van der Waals surface area contributed by atoms with Gasteiger partial charge in [-0.05, 0) is 18.4 Å². The van der Waals surface area contributed by atoms with E-state index >= 15 is 0 Å². The number of hydrogen-bond acceptors (Lipinski definition) is 4. The summed E-state index contributed by atoms with van der Waals surface area (Å²) >= 11 is 1.43. The average molecular weight is 337 g/mol. The summed E-state index contributed by atoms with van der Waals surface area (Å²) in [5.41, 5.74) is 1.30. The van der Waals surface area contributed by atoms with Crippen LogP contribution in [0.2, 0.25) is 0 Å². The second-order valence-electron chi connectivity index (χ2n) is 5.46. The van der Waals surface area contributed by atoms with E-state index in [1.54, 1.807) is 6.20 Å². The minimum atomic E-state index is 0.0304. The predicted molar refractivity (Wildman–Crippen MR) is 98.0 cm³/mol. The zero-order chi connectivity index (χ0) is 16.6. The van der Waals surface area contributed by atoms with Crippen LogP contribution in [-0.2, 0) is 11.2 Å². The van der Waals surface area contributed by atoms with E-state index in [-0.39, 0.29) is 5.91 Å². The first kappa shape index (κ1) is 16.5. The maximum absolute atomic E-state index is 12.0. The Kier molecular flexibility index (Phi) is 5.80. The summed E-state index contributed by atoms with van der Waals surface area (Å²) in [6.45, 7) is 0.690. The van der Waals surface area contributed by atoms with Gasteiger partial charge in [0.15, 0.2) is 0 Å². The van der Waals surface area contributed by atoms with E-state index in [2.05, 4.69) is 27.6 Å². The molecule has 0 fully saturated rings. The van der Waals surface area contributed by atoms with Crippen LogP contribution in [0.15, 0.2) is 65.8 Å². The second-order valence-corrected chi connectivity index (χ2v) is 6.43. The van der Waals surface area contributed by atoms with Crippen molar-refractivity contribution >= 4 is 28.4 Å². The van der Waals surface area contributed by atoms with Gasteiger partial charge < -0.3 is 5.32 Å². The molecule has 3 rings (SSSR count). The van der Waals surface area contributed by atoms with E-state index in [1.165, 1.54) is 17.3 Å². The van der Waals surface area contributed by atoms with Crippen LogP contribution in [0.1, 0.15) is 12.0 Å². The van der Waals surface area contributed by atoms with Gasteiger partial charge in [0.2, 0.25) is 5.91 Å². The Morgan fingerprint density at radius 1 is 1.04 bits per heavy atom. The van der Waals surface area contributed by atoms with Gasteiger partial charge in [-0.15, -0.1) is 5.10 Å². The fourth-order valence-electron chi connectivity index (χ4n) is 2.46. The fraction of sp³-hybridized carbons (Fsp3) is 0.211. The number of nitrogens with one attached hydrogen (secondary N) is 1. The molecule has 0 unspecified atom stereocenters. The highest BCUT2D eigenvalue weighted by Gasteiger charge is 2.07. The van der Waals surface area contributed by atoms with Gasteiger partial charge in [-0.1, -0.05) is 66.4 Å². The molecule has 3 aromatic rings. The molecule has 24 heavy (non-hydrogen) atoms. The van der Waals surface area contributed by atoms with E-state index in [0.29, 0.717) is 12.3 Å². The van der Waals surface area contributed by atoms with Crippen LogP contribution in [0, 0.1) is 0 Å². The lowest BCUT2D eigenvalue weighted by atomic mass is 10.1. The van der Waals surface area contributed by atoms with Crippen LogP contribution in [0.5, 0.6) is 0 Å². The maximum Gasteiger partial charge on any atom is 0.230 e. The number of thioether (sulfide) groups is 1. The summed E-state index contributed by atoms with van der Waals surface area (Å²) in [7, 11) is 0.